The van der Waals surface area contributed by atoms with Gasteiger partial charge in [-0.3, -0.25) is 9.78 Å². The molecule has 2 N–H and O–H groups in total. The standard InChI is InChI=1S/C16H20N4O/c1-3-8-18-15-14(5-4-9-19-15)16(21)20-12(2)13-6-10-17-11-7-13/h4-7,9-12H,3,8H2,1-2H3,(H,18,19)(H,20,21). The van der Waals surface area contributed by atoms with Crippen LogP contribution in [0.15, 0.2) is 42.9 Å². The van der Waals surface area contributed by atoms with E-state index in [1.807, 2.05) is 19.1 Å². The summed E-state index contributed by atoms with van der Waals surface area (Å²) in [7, 11) is 0. The van der Waals surface area contributed by atoms with Crippen molar-refractivity contribution in [2.75, 3.05) is 11.9 Å². The van der Waals surface area contributed by atoms with Crippen LogP contribution in [0.3, 0.4) is 0 Å². The lowest BCUT2D eigenvalue weighted by Crippen LogP contribution is -2.27. The molecule has 2 aromatic rings. The van der Waals surface area contributed by atoms with Crippen LogP contribution in [0.25, 0.3) is 0 Å². The fraction of sp³-hybridized carbons (Fsp3) is 0.312. The number of hydrogen-bond acceptors (Lipinski definition) is 4. The molecule has 0 fully saturated rings. The molecule has 2 heterocycles. The molecule has 0 saturated heterocycles. The van der Waals surface area contributed by atoms with Gasteiger partial charge in [0.2, 0.25) is 0 Å². The largest absolute Gasteiger partial charge is 0.369 e. The van der Waals surface area contributed by atoms with E-state index in [-0.39, 0.29) is 11.9 Å². The predicted octanol–water partition coefficient (Wildman–Crippen LogP) is 2.79. The highest BCUT2D eigenvalue weighted by Gasteiger charge is 2.15. The molecule has 0 bridgehead atoms. The van der Waals surface area contributed by atoms with E-state index in [0.29, 0.717) is 11.4 Å². The first kappa shape index (κ1) is 15.0. The van der Waals surface area contributed by atoms with Crippen LogP contribution in [0.2, 0.25) is 0 Å². The van der Waals surface area contributed by atoms with Crippen molar-refractivity contribution in [2.24, 2.45) is 0 Å². The van der Waals surface area contributed by atoms with Gasteiger partial charge in [-0.15, -0.1) is 0 Å². The molecule has 5 nitrogen and oxygen atoms in total. The molecule has 0 aliphatic rings. The maximum atomic E-state index is 12.4. The van der Waals surface area contributed by atoms with Gasteiger partial charge in [0, 0.05) is 25.1 Å². The van der Waals surface area contributed by atoms with E-state index < -0.39 is 0 Å². The van der Waals surface area contributed by atoms with Crippen molar-refractivity contribution in [3.05, 3.63) is 54.0 Å². The Morgan fingerprint density at radius 1 is 1.24 bits per heavy atom. The average Bonchev–Trinajstić information content (AvgIpc) is 2.54. The molecule has 1 amide bonds. The second-order valence-corrected chi connectivity index (χ2v) is 4.80. The number of anilines is 1. The first-order chi connectivity index (χ1) is 10.2. The van der Waals surface area contributed by atoms with E-state index in [9.17, 15) is 4.79 Å². The molecule has 110 valence electrons. The maximum Gasteiger partial charge on any atom is 0.255 e. The summed E-state index contributed by atoms with van der Waals surface area (Å²) in [4.78, 5) is 20.6. The Balaban J connectivity index is 2.10. The average molecular weight is 284 g/mol. The molecule has 2 rings (SSSR count). The van der Waals surface area contributed by atoms with Gasteiger partial charge in [0.1, 0.15) is 5.82 Å². The number of nitrogens with one attached hydrogen (secondary N) is 2. The van der Waals surface area contributed by atoms with E-state index in [4.69, 9.17) is 0 Å². The Morgan fingerprint density at radius 3 is 2.71 bits per heavy atom. The first-order valence-corrected chi connectivity index (χ1v) is 7.12. The molecule has 0 radical (unpaired) electrons. The van der Waals surface area contributed by atoms with Crippen molar-refractivity contribution in [2.45, 2.75) is 26.3 Å². The van der Waals surface area contributed by atoms with Gasteiger partial charge < -0.3 is 10.6 Å². The quantitative estimate of drug-likeness (QED) is 0.856. The second-order valence-electron chi connectivity index (χ2n) is 4.80. The zero-order valence-corrected chi connectivity index (χ0v) is 12.3. The second kappa shape index (κ2) is 7.38. The summed E-state index contributed by atoms with van der Waals surface area (Å²) >= 11 is 0. The topological polar surface area (TPSA) is 66.9 Å². The number of amides is 1. The number of aromatic nitrogens is 2. The fourth-order valence-electron chi connectivity index (χ4n) is 1.98. The van der Waals surface area contributed by atoms with Gasteiger partial charge in [0.25, 0.3) is 5.91 Å². The van der Waals surface area contributed by atoms with E-state index in [1.54, 1.807) is 30.7 Å². The Hall–Kier alpha value is -2.43. The van der Waals surface area contributed by atoms with Crippen LogP contribution in [-0.4, -0.2) is 22.4 Å². The lowest BCUT2D eigenvalue weighted by Gasteiger charge is -2.15. The molecule has 0 spiro atoms. The Morgan fingerprint density at radius 2 is 2.00 bits per heavy atom. The Bertz CT molecular complexity index is 586. The van der Waals surface area contributed by atoms with Gasteiger partial charge >= 0.3 is 0 Å². The monoisotopic (exact) mass is 284 g/mol. The predicted molar refractivity (Wildman–Crippen MR) is 83.1 cm³/mol. The molecule has 0 aromatic carbocycles. The summed E-state index contributed by atoms with van der Waals surface area (Å²) in [5, 5.41) is 6.16. The third kappa shape index (κ3) is 4.02. The van der Waals surface area contributed by atoms with Crippen molar-refractivity contribution < 1.29 is 4.79 Å². The van der Waals surface area contributed by atoms with Gasteiger partial charge in [-0.25, -0.2) is 4.98 Å². The molecule has 1 atom stereocenters. The van der Waals surface area contributed by atoms with Crippen LogP contribution < -0.4 is 10.6 Å². The SMILES string of the molecule is CCCNc1ncccc1C(=O)NC(C)c1ccncc1. The van der Waals surface area contributed by atoms with Gasteiger partial charge in [-0.2, -0.15) is 0 Å². The smallest absolute Gasteiger partial charge is 0.255 e. The van der Waals surface area contributed by atoms with Crippen molar-refractivity contribution in [3.63, 3.8) is 0 Å². The highest BCUT2D eigenvalue weighted by atomic mass is 16.1. The molecule has 0 aliphatic heterocycles. The third-order valence-electron chi connectivity index (χ3n) is 3.15. The molecule has 0 saturated carbocycles. The summed E-state index contributed by atoms with van der Waals surface area (Å²) in [6.07, 6.45) is 6.10. The third-order valence-corrected chi connectivity index (χ3v) is 3.15. The van der Waals surface area contributed by atoms with E-state index in [0.717, 1.165) is 18.5 Å². The molecule has 2 aromatic heterocycles. The summed E-state index contributed by atoms with van der Waals surface area (Å²) < 4.78 is 0. The summed E-state index contributed by atoms with van der Waals surface area (Å²) in [6.45, 7) is 4.81. The highest BCUT2D eigenvalue weighted by Crippen LogP contribution is 2.15. The lowest BCUT2D eigenvalue weighted by molar-refractivity contribution is 0.0940. The minimum atomic E-state index is -0.133. The number of hydrogen-bond donors (Lipinski definition) is 2. The first-order valence-electron chi connectivity index (χ1n) is 7.12. The van der Waals surface area contributed by atoms with Gasteiger partial charge in [-0.05, 0) is 43.2 Å². The number of carbonyl (C=O) groups excluding carboxylic acids is 1. The summed E-state index contributed by atoms with van der Waals surface area (Å²) in [5.41, 5.74) is 1.58. The van der Waals surface area contributed by atoms with Crippen molar-refractivity contribution in [3.8, 4) is 0 Å². The Labute approximate surface area is 124 Å². The maximum absolute atomic E-state index is 12.4. The van der Waals surface area contributed by atoms with Crippen molar-refractivity contribution >= 4 is 11.7 Å². The van der Waals surface area contributed by atoms with Crippen LogP contribution in [-0.2, 0) is 0 Å². The summed E-state index contributed by atoms with van der Waals surface area (Å²) in [5.74, 6) is 0.491. The minimum Gasteiger partial charge on any atom is -0.369 e. The molecule has 21 heavy (non-hydrogen) atoms. The van der Waals surface area contributed by atoms with E-state index in [1.165, 1.54) is 0 Å². The number of rotatable bonds is 6. The zero-order chi connectivity index (χ0) is 15.1. The highest BCUT2D eigenvalue weighted by molar-refractivity contribution is 5.98. The lowest BCUT2D eigenvalue weighted by atomic mass is 10.1. The summed E-state index contributed by atoms with van der Waals surface area (Å²) in [6, 6.07) is 7.25. The number of pyridine rings is 2. The fourth-order valence-corrected chi connectivity index (χ4v) is 1.98. The molecular formula is C16H20N4O. The molecular weight excluding hydrogens is 264 g/mol. The number of nitrogens with zero attached hydrogens (tertiary/aromatic N) is 2. The van der Waals surface area contributed by atoms with Crippen molar-refractivity contribution in [1.29, 1.82) is 0 Å². The van der Waals surface area contributed by atoms with Crippen LogP contribution in [0.4, 0.5) is 5.82 Å². The van der Waals surface area contributed by atoms with Gasteiger partial charge in [-0.1, -0.05) is 6.92 Å². The zero-order valence-electron chi connectivity index (χ0n) is 12.3. The molecule has 1 unspecified atom stereocenters. The van der Waals surface area contributed by atoms with Crippen LogP contribution in [0.1, 0.15) is 42.2 Å². The normalized spacial score (nSPS) is 11.7. The molecule has 0 aliphatic carbocycles. The van der Waals surface area contributed by atoms with E-state index >= 15 is 0 Å². The van der Waals surface area contributed by atoms with Gasteiger partial charge in [0.05, 0.1) is 11.6 Å². The van der Waals surface area contributed by atoms with Gasteiger partial charge in [0.15, 0.2) is 0 Å². The number of carbonyl (C=O) groups is 1. The van der Waals surface area contributed by atoms with Crippen LogP contribution >= 0.6 is 0 Å². The molecule has 5 heteroatoms. The van der Waals surface area contributed by atoms with E-state index in [2.05, 4.69) is 27.5 Å². The van der Waals surface area contributed by atoms with Crippen LogP contribution in [0.5, 0.6) is 0 Å². The Kier molecular flexibility index (Phi) is 5.26. The van der Waals surface area contributed by atoms with Crippen molar-refractivity contribution in [1.82, 2.24) is 15.3 Å². The minimum absolute atomic E-state index is 0.0836. The van der Waals surface area contributed by atoms with Crippen LogP contribution in [0, 0.1) is 0 Å².